The minimum atomic E-state index is -0.447. The zero-order valence-electron chi connectivity index (χ0n) is 13.9. The number of benzene rings is 1. The van der Waals surface area contributed by atoms with Gasteiger partial charge in [-0.15, -0.1) is 0 Å². The van der Waals surface area contributed by atoms with Crippen molar-refractivity contribution in [1.29, 1.82) is 0 Å². The highest BCUT2D eigenvalue weighted by molar-refractivity contribution is 7.80. The minimum absolute atomic E-state index is 0.0223. The fourth-order valence-electron chi connectivity index (χ4n) is 5.45. The summed E-state index contributed by atoms with van der Waals surface area (Å²) in [6.07, 6.45) is 6.84. The number of hydrogen-bond donors (Lipinski definition) is 2. The Labute approximate surface area is 151 Å². The molecule has 25 heavy (non-hydrogen) atoms. The van der Waals surface area contributed by atoms with Crippen LogP contribution < -0.4 is 10.6 Å². The van der Waals surface area contributed by atoms with E-state index in [9.17, 15) is 14.9 Å². The molecule has 0 unspecified atom stereocenters. The van der Waals surface area contributed by atoms with Crippen LogP contribution in [-0.4, -0.2) is 15.9 Å². The van der Waals surface area contributed by atoms with Crippen LogP contribution in [0.3, 0.4) is 0 Å². The first-order valence-electron chi connectivity index (χ1n) is 8.80. The number of nitrogens with zero attached hydrogens (tertiary/aromatic N) is 1. The quantitative estimate of drug-likeness (QED) is 0.489. The Balaban J connectivity index is 1.39. The number of nitrogens with one attached hydrogen (secondary N) is 2. The number of nitro benzene ring substituents is 1. The molecule has 1 amide bonds. The second-order valence-electron chi connectivity index (χ2n) is 7.91. The average Bonchev–Trinajstić information content (AvgIpc) is 2.54. The van der Waals surface area contributed by atoms with Crippen LogP contribution in [0.4, 0.5) is 11.4 Å². The highest BCUT2D eigenvalue weighted by Crippen LogP contribution is 2.60. The van der Waals surface area contributed by atoms with Gasteiger partial charge in [-0.3, -0.25) is 14.9 Å². The van der Waals surface area contributed by atoms with Crippen molar-refractivity contribution in [2.75, 3.05) is 5.32 Å². The van der Waals surface area contributed by atoms with Crippen LogP contribution in [0.5, 0.6) is 0 Å². The number of hydrogen-bond acceptors (Lipinski definition) is 4. The molecule has 1 aromatic carbocycles. The van der Waals surface area contributed by atoms with Crippen molar-refractivity contribution in [1.82, 2.24) is 5.32 Å². The highest BCUT2D eigenvalue weighted by atomic mass is 32.1. The van der Waals surface area contributed by atoms with E-state index in [0.717, 1.165) is 19.3 Å². The molecule has 4 fully saturated rings. The Hall–Kier alpha value is -2.02. The van der Waals surface area contributed by atoms with Gasteiger partial charge in [0.25, 0.3) is 5.69 Å². The predicted molar refractivity (Wildman–Crippen MR) is 98.1 cm³/mol. The summed E-state index contributed by atoms with van der Waals surface area (Å²) in [5.74, 6) is 2.15. The number of carbonyl (C=O) groups is 1. The van der Waals surface area contributed by atoms with Gasteiger partial charge < -0.3 is 10.6 Å². The smallest absolute Gasteiger partial charge is 0.269 e. The topological polar surface area (TPSA) is 84.3 Å². The molecule has 0 spiro atoms. The summed E-state index contributed by atoms with van der Waals surface area (Å²) in [6.45, 7) is 0. The molecule has 5 rings (SSSR count). The number of rotatable bonds is 3. The second-order valence-corrected chi connectivity index (χ2v) is 8.32. The summed E-state index contributed by atoms with van der Waals surface area (Å²) >= 11 is 5.27. The van der Waals surface area contributed by atoms with E-state index in [-0.39, 0.29) is 22.1 Å². The van der Waals surface area contributed by atoms with Crippen molar-refractivity contribution < 1.29 is 9.72 Å². The lowest BCUT2D eigenvalue weighted by atomic mass is 9.49. The number of thiocarbonyl (C=S) groups is 1. The maximum absolute atomic E-state index is 12.9. The fourth-order valence-corrected chi connectivity index (χ4v) is 5.66. The normalized spacial score (nSPS) is 32.2. The summed E-state index contributed by atoms with van der Waals surface area (Å²) in [4.78, 5) is 23.2. The summed E-state index contributed by atoms with van der Waals surface area (Å²) in [7, 11) is 0. The Morgan fingerprint density at radius 2 is 1.60 bits per heavy atom. The van der Waals surface area contributed by atoms with E-state index in [4.69, 9.17) is 12.2 Å². The van der Waals surface area contributed by atoms with Crippen molar-refractivity contribution in [2.24, 2.45) is 23.2 Å². The molecule has 4 saturated carbocycles. The molecule has 7 heteroatoms. The van der Waals surface area contributed by atoms with Crippen LogP contribution in [0, 0.1) is 33.3 Å². The van der Waals surface area contributed by atoms with Crippen LogP contribution in [0.2, 0.25) is 0 Å². The third kappa shape index (κ3) is 3.13. The van der Waals surface area contributed by atoms with Gasteiger partial charge in [-0.2, -0.15) is 0 Å². The first kappa shape index (κ1) is 16.4. The first-order chi connectivity index (χ1) is 11.9. The third-order valence-corrected chi connectivity index (χ3v) is 6.29. The maximum Gasteiger partial charge on any atom is 0.269 e. The fraction of sp³-hybridized carbons (Fsp3) is 0.556. The van der Waals surface area contributed by atoms with Gasteiger partial charge in [-0.1, -0.05) is 0 Å². The molecule has 0 atom stereocenters. The molecule has 2 N–H and O–H groups in total. The van der Waals surface area contributed by atoms with Crippen LogP contribution >= 0.6 is 12.2 Å². The van der Waals surface area contributed by atoms with Gasteiger partial charge in [0.2, 0.25) is 5.91 Å². The molecule has 0 aliphatic heterocycles. The van der Waals surface area contributed by atoms with Crippen molar-refractivity contribution in [3.8, 4) is 0 Å². The molecule has 0 heterocycles. The molecular formula is C18H21N3O3S. The summed E-state index contributed by atoms with van der Waals surface area (Å²) in [5, 5.41) is 16.8. The largest absolute Gasteiger partial charge is 0.332 e. The van der Waals surface area contributed by atoms with Crippen LogP contribution in [-0.2, 0) is 4.79 Å². The standard InChI is InChI=1S/C18H21N3O3S/c22-16(18-8-11-5-12(9-18)7-13(6-11)10-18)20-17(25)19-14-1-3-15(4-2-14)21(23)24/h1-4,11-13H,5-10H2,(H2,19,20,22,25). The van der Waals surface area contributed by atoms with Crippen LogP contribution in [0.15, 0.2) is 24.3 Å². The van der Waals surface area contributed by atoms with Crippen molar-refractivity contribution >= 4 is 34.6 Å². The lowest BCUT2D eigenvalue weighted by molar-refractivity contribution is -0.384. The van der Waals surface area contributed by atoms with E-state index in [1.807, 2.05) is 0 Å². The third-order valence-electron chi connectivity index (χ3n) is 6.08. The zero-order valence-corrected chi connectivity index (χ0v) is 14.7. The monoisotopic (exact) mass is 359 g/mol. The van der Waals surface area contributed by atoms with Gasteiger partial charge in [-0.05, 0) is 80.6 Å². The molecule has 132 valence electrons. The molecule has 6 nitrogen and oxygen atoms in total. The van der Waals surface area contributed by atoms with E-state index in [2.05, 4.69) is 10.6 Å². The predicted octanol–water partition coefficient (Wildman–Crippen LogP) is 3.62. The first-order valence-corrected chi connectivity index (χ1v) is 9.21. The van der Waals surface area contributed by atoms with Gasteiger partial charge in [-0.25, -0.2) is 0 Å². The van der Waals surface area contributed by atoms with Gasteiger partial charge >= 0.3 is 0 Å². The van der Waals surface area contributed by atoms with E-state index < -0.39 is 4.92 Å². The van der Waals surface area contributed by atoms with Gasteiger partial charge in [0.15, 0.2) is 5.11 Å². The number of nitro groups is 1. The average molecular weight is 359 g/mol. The summed E-state index contributed by atoms with van der Waals surface area (Å²) in [5.41, 5.74) is 0.408. The van der Waals surface area contributed by atoms with E-state index >= 15 is 0 Å². The number of anilines is 1. The van der Waals surface area contributed by atoms with Crippen LogP contribution in [0.25, 0.3) is 0 Å². The van der Waals surface area contributed by atoms with Gasteiger partial charge in [0.1, 0.15) is 0 Å². The Morgan fingerprint density at radius 3 is 2.08 bits per heavy atom. The summed E-state index contributed by atoms with van der Waals surface area (Å²) in [6, 6.07) is 5.99. The highest BCUT2D eigenvalue weighted by Gasteiger charge is 2.54. The molecule has 0 radical (unpaired) electrons. The van der Waals surface area contributed by atoms with Crippen molar-refractivity contribution in [3.05, 3.63) is 34.4 Å². The molecule has 4 aliphatic rings. The summed E-state index contributed by atoms with van der Waals surface area (Å²) < 4.78 is 0. The number of amides is 1. The minimum Gasteiger partial charge on any atom is -0.332 e. The van der Waals surface area contributed by atoms with Gasteiger partial charge in [0.05, 0.1) is 10.3 Å². The van der Waals surface area contributed by atoms with E-state index in [1.165, 1.54) is 31.4 Å². The molecule has 0 aromatic heterocycles. The Bertz CT molecular complexity index is 696. The van der Waals surface area contributed by atoms with E-state index in [1.54, 1.807) is 12.1 Å². The van der Waals surface area contributed by atoms with Crippen molar-refractivity contribution in [2.45, 2.75) is 38.5 Å². The molecule has 0 saturated heterocycles. The second kappa shape index (κ2) is 6.05. The Morgan fingerprint density at radius 1 is 1.08 bits per heavy atom. The van der Waals surface area contributed by atoms with E-state index in [0.29, 0.717) is 23.4 Å². The lowest BCUT2D eigenvalue weighted by Crippen LogP contribution is -2.55. The van der Waals surface area contributed by atoms with Crippen molar-refractivity contribution in [3.63, 3.8) is 0 Å². The molecule has 1 aromatic rings. The SMILES string of the molecule is O=C(NC(=S)Nc1ccc([N+](=O)[O-])cc1)C12CC3CC(CC(C3)C1)C2. The molecular weight excluding hydrogens is 338 g/mol. The number of carbonyl (C=O) groups excluding carboxylic acids is 1. The molecule has 4 aliphatic carbocycles. The van der Waals surface area contributed by atoms with Crippen LogP contribution in [0.1, 0.15) is 38.5 Å². The maximum atomic E-state index is 12.9. The zero-order chi connectivity index (χ0) is 17.6. The Kier molecular flexibility index (Phi) is 3.98. The molecule has 4 bridgehead atoms. The lowest BCUT2D eigenvalue weighted by Gasteiger charge is -2.55. The van der Waals surface area contributed by atoms with Gasteiger partial charge in [0, 0.05) is 17.8 Å². The number of non-ortho nitro benzene ring substituents is 1.